The van der Waals surface area contributed by atoms with Gasteiger partial charge in [-0.2, -0.15) is 0 Å². The number of amides is 3. The van der Waals surface area contributed by atoms with Crippen molar-refractivity contribution in [3.63, 3.8) is 0 Å². The lowest BCUT2D eigenvalue weighted by Crippen LogP contribution is -2.36. The topological polar surface area (TPSA) is 75.7 Å². The summed E-state index contributed by atoms with van der Waals surface area (Å²) in [4.78, 5) is 38.3. The highest BCUT2D eigenvalue weighted by molar-refractivity contribution is 9.11. The summed E-state index contributed by atoms with van der Waals surface area (Å²) in [6.07, 6.45) is 1.57. The van der Waals surface area contributed by atoms with Crippen molar-refractivity contribution in [3.8, 4) is 5.75 Å². The third-order valence-corrected chi connectivity index (χ3v) is 6.04. The molecule has 2 aromatic carbocycles. The van der Waals surface area contributed by atoms with Gasteiger partial charge in [-0.1, -0.05) is 27.5 Å². The van der Waals surface area contributed by atoms with Gasteiger partial charge in [0.1, 0.15) is 12.3 Å². The van der Waals surface area contributed by atoms with Crippen LogP contribution in [0.5, 0.6) is 5.75 Å². The molecular weight excluding hydrogens is 548 g/mol. The van der Waals surface area contributed by atoms with Crippen molar-refractivity contribution < 1.29 is 19.1 Å². The van der Waals surface area contributed by atoms with E-state index in [1.165, 1.54) is 7.11 Å². The smallest absolute Gasteiger partial charge is 0.294 e. The van der Waals surface area contributed by atoms with Gasteiger partial charge in [0.2, 0.25) is 5.91 Å². The number of thioether (sulfide) groups is 1. The molecule has 29 heavy (non-hydrogen) atoms. The fourth-order valence-corrected chi connectivity index (χ4v) is 4.93. The summed E-state index contributed by atoms with van der Waals surface area (Å²) in [5.41, 5.74) is 1.13. The number of carbonyl (C=O) groups is 3. The molecule has 0 aromatic heterocycles. The SMILES string of the molecule is COc1c(Br)cc(Br)cc1/C=C1/SC(=O)N(CC(=O)Nc2ccc(Cl)cc2)C1=O. The van der Waals surface area contributed by atoms with Gasteiger partial charge in [0.25, 0.3) is 11.1 Å². The van der Waals surface area contributed by atoms with Crippen molar-refractivity contribution in [2.75, 3.05) is 19.0 Å². The number of nitrogens with one attached hydrogen (secondary N) is 1. The third kappa shape index (κ3) is 5.22. The fraction of sp³-hybridized carbons (Fsp3) is 0.105. The third-order valence-electron chi connectivity index (χ3n) is 3.83. The molecule has 3 amide bonds. The van der Waals surface area contributed by atoms with Crippen LogP contribution >= 0.6 is 55.2 Å². The van der Waals surface area contributed by atoms with Gasteiger partial charge >= 0.3 is 0 Å². The lowest BCUT2D eigenvalue weighted by Gasteiger charge is -2.12. The molecule has 0 saturated carbocycles. The van der Waals surface area contributed by atoms with E-state index in [0.29, 0.717) is 26.5 Å². The van der Waals surface area contributed by atoms with Gasteiger partial charge in [0.05, 0.1) is 16.5 Å². The number of rotatable bonds is 5. The monoisotopic (exact) mass is 558 g/mol. The first-order valence-corrected chi connectivity index (χ1v) is 10.9. The highest BCUT2D eigenvalue weighted by atomic mass is 79.9. The Morgan fingerprint density at radius 3 is 2.59 bits per heavy atom. The minimum Gasteiger partial charge on any atom is -0.495 e. The Morgan fingerprint density at radius 2 is 1.93 bits per heavy atom. The van der Waals surface area contributed by atoms with E-state index in [-0.39, 0.29) is 11.4 Å². The van der Waals surface area contributed by atoms with Crippen molar-refractivity contribution in [2.24, 2.45) is 0 Å². The fourth-order valence-electron chi connectivity index (χ4n) is 2.56. The predicted octanol–water partition coefficient (Wildman–Crippen LogP) is 5.55. The number of anilines is 1. The van der Waals surface area contributed by atoms with E-state index in [1.807, 2.05) is 6.07 Å². The first-order chi connectivity index (χ1) is 13.8. The highest BCUT2D eigenvalue weighted by Crippen LogP contribution is 2.38. The Bertz CT molecular complexity index is 1030. The molecule has 0 atom stereocenters. The first-order valence-electron chi connectivity index (χ1n) is 8.12. The van der Waals surface area contributed by atoms with Gasteiger partial charge in [-0.3, -0.25) is 19.3 Å². The van der Waals surface area contributed by atoms with E-state index in [9.17, 15) is 14.4 Å². The summed E-state index contributed by atoms with van der Waals surface area (Å²) >= 11 is 13.4. The standard InChI is InChI=1S/C19H13Br2ClN2O4S/c1-28-17-10(6-11(20)8-14(17)21)7-15-18(26)24(19(27)29-15)9-16(25)23-13-4-2-12(22)3-5-13/h2-8H,9H2,1H3,(H,23,25)/b15-7+. The van der Waals surface area contributed by atoms with Crippen LogP contribution in [-0.2, 0) is 9.59 Å². The Hall–Kier alpha value is -1.81. The zero-order valence-electron chi connectivity index (χ0n) is 14.9. The van der Waals surface area contributed by atoms with E-state index >= 15 is 0 Å². The van der Waals surface area contributed by atoms with Crippen LogP contribution in [0, 0.1) is 0 Å². The van der Waals surface area contributed by atoms with Crippen LogP contribution < -0.4 is 10.1 Å². The van der Waals surface area contributed by atoms with Crippen molar-refractivity contribution in [1.29, 1.82) is 0 Å². The van der Waals surface area contributed by atoms with Crippen LogP contribution in [0.25, 0.3) is 6.08 Å². The molecule has 0 spiro atoms. The summed E-state index contributed by atoms with van der Waals surface area (Å²) in [5.74, 6) is -0.497. The summed E-state index contributed by atoms with van der Waals surface area (Å²) in [6.45, 7) is -0.385. The van der Waals surface area contributed by atoms with Crippen molar-refractivity contribution in [1.82, 2.24) is 4.90 Å². The maximum absolute atomic E-state index is 12.7. The van der Waals surface area contributed by atoms with Crippen LogP contribution in [0.1, 0.15) is 5.56 Å². The summed E-state index contributed by atoms with van der Waals surface area (Å²) < 4.78 is 6.84. The van der Waals surface area contributed by atoms with Gasteiger partial charge in [0, 0.05) is 20.7 Å². The highest BCUT2D eigenvalue weighted by Gasteiger charge is 2.36. The molecule has 2 aromatic rings. The minimum absolute atomic E-state index is 0.206. The largest absolute Gasteiger partial charge is 0.495 e. The molecule has 3 rings (SSSR count). The number of imide groups is 1. The lowest BCUT2D eigenvalue weighted by atomic mass is 10.2. The lowest BCUT2D eigenvalue weighted by molar-refractivity contribution is -0.127. The second-order valence-corrected chi connectivity index (χ2v) is 9.03. The van der Waals surface area contributed by atoms with Crippen LogP contribution in [0.2, 0.25) is 5.02 Å². The molecular formula is C19H13Br2ClN2O4S. The van der Waals surface area contributed by atoms with Crippen molar-refractivity contribution >= 4 is 84.0 Å². The second kappa shape index (κ2) is 9.34. The molecule has 0 bridgehead atoms. The van der Waals surface area contributed by atoms with E-state index in [1.54, 1.807) is 36.4 Å². The zero-order chi connectivity index (χ0) is 21.1. The Morgan fingerprint density at radius 1 is 1.24 bits per heavy atom. The Kier molecular flexibility index (Phi) is 7.05. The van der Waals surface area contributed by atoms with Gasteiger partial charge in [-0.25, -0.2) is 0 Å². The molecule has 1 aliphatic heterocycles. The number of nitrogens with zero attached hydrogens (tertiary/aromatic N) is 1. The molecule has 150 valence electrons. The number of ether oxygens (including phenoxy) is 1. The summed E-state index contributed by atoms with van der Waals surface area (Å²) in [6, 6.07) is 10.1. The van der Waals surface area contributed by atoms with Gasteiger partial charge in [-0.05, 0) is 70.2 Å². The molecule has 6 nitrogen and oxygen atoms in total. The Labute approximate surface area is 192 Å². The van der Waals surface area contributed by atoms with Gasteiger partial charge in [-0.15, -0.1) is 0 Å². The van der Waals surface area contributed by atoms with Crippen LogP contribution in [0.15, 0.2) is 50.2 Å². The van der Waals surface area contributed by atoms with E-state index in [0.717, 1.165) is 21.1 Å². The molecule has 1 fully saturated rings. The number of halogens is 3. The normalized spacial score (nSPS) is 15.2. The maximum Gasteiger partial charge on any atom is 0.294 e. The van der Waals surface area contributed by atoms with Crippen LogP contribution in [0.4, 0.5) is 10.5 Å². The summed E-state index contributed by atoms with van der Waals surface area (Å²) in [7, 11) is 1.51. The molecule has 1 aliphatic rings. The number of hydrogen-bond donors (Lipinski definition) is 1. The zero-order valence-corrected chi connectivity index (χ0v) is 19.6. The molecule has 0 aliphatic carbocycles. The Balaban J connectivity index is 1.77. The molecule has 10 heteroatoms. The second-order valence-electron chi connectivity index (χ2n) is 5.83. The quantitative estimate of drug-likeness (QED) is 0.486. The van der Waals surface area contributed by atoms with Crippen molar-refractivity contribution in [2.45, 2.75) is 0 Å². The van der Waals surface area contributed by atoms with Crippen molar-refractivity contribution in [3.05, 3.63) is 60.8 Å². The molecule has 1 N–H and O–H groups in total. The number of hydrogen-bond acceptors (Lipinski definition) is 5. The van der Waals surface area contributed by atoms with E-state index in [4.69, 9.17) is 16.3 Å². The molecule has 0 radical (unpaired) electrons. The van der Waals surface area contributed by atoms with Crippen LogP contribution in [-0.4, -0.2) is 35.6 Å². The number of carbonyl (C=O) groups excluding carboxylic acids is 3. The number of benzene rings is 2. The van der Waals surface area contributed by atoms with Crippen LogP contribution in [0.3, 0.4) is 0 Å². The molecule has 0 unspecified atom stereocenters. The minimum atomic E-state index is -0.538. The molecule has 1 heterocycles. The average Bonchev–Trinajstić information content (AvgIpc) is 2.91. The molecule has 1 saturated heterocycles. The maximum atomic E-state index is 12.7. The van der Waals surface area contributed by atoms with E-state index in [2.05, 4.69) is 37.2 Å². The van der Waals surface area contributed by atoms with Gasteiger partial charge in [0.15, 0.2) is 0 Å². The predicted molar refractivity (Wildman–Crippen MR) is 121 cm³/mol. The van der Waals surface area contributed by atoms with E-state index < -0.39 is 17.1 Å². The average molecular weight is 561 g/mol. The van der Waals surface area contributed by atoms with Gasteiger partial charge < -0.3 is 10.1 Å². The summed E-state index contributed by atoms with van der Waals surface area (Å²) in [5, 5.41) is 2.65. The first kappa shape index (κ1) is 21.9. The number of methoxy groups -OCH3 is 1.